The van der Waals surface area contributed by atoms with Gasteiger partial charge in [-0.3, -0.25) is 14.9 Å². The monoisotopic (exact) mass is 341 g/mol. The molecule has 0 aliphatic carbocycles. The zero-order valence-electron chi connectivity index (χ0n) is 12.8. The molecule has 4 rings (SSSR count). The number of nitro groups is 1. The Kier molecular flexibility index (Phi) is 3.57. The smallest absolute Gasteiger partial charge is 0.270 e. The first-order valence-corrected chi connectivity index (χ1v) is 8.63. The average molecular weight is 341 g/mol. The molecule has 7 heteroatoms. The second-order valence-corrected chi connectivity index (χ2v) is 6.84. The largest absolute Gasteiger partial charge is 0.360 e. The number of non-ortho nitro benzene ring substituents is 1. The van der Waals surface area contributed by atoms with E-state index in [0.717, 1.165) is 18.4 Å². The Morgan fingerprint density at radius 1 is 1.38 bits per heavy atom. The maximum atomic E-state index is 13.0. The van der Waals surface area contributed by atoms with Crippen molar-refractivity contribution in [1.29, 1.82) is 0 Å². The number of hydrogen-bond donors (Lipinski definition) is 1. The van der Waals surface area contributed by atoms with Gasteiger partial charge < -0.3 is 9.88 Å². The van der Waals surface area contributed by atoms with Crippen LogP contribution in [0.25, 0.3) is 10.9 Å². The fourth-order valence-corrected chi connectivity index (χ4v) is 4.21. The van der Waals surface area contributed by atoms with Gasteiger partial charge in [0.15, 0.2) is 0 Å². The number of rotatable bonds is 3. The minimum Gasteiger partial charge on any atom is -0.360 e. The molecule has 24 heavy (non-hydrogen) atoms. The lowest BCUT2D eigenvalue weighted by Gasteiger charge is -2.23. The van der Waals surface area contributed by atoms with Gasteiger partial charge in [0.25, 0.3) is 11.6 Å². The average Bonchev–Trinajstić information content (AvgIpc) is 3.31. The number of fused-ring (bicyclic) bond motifs is 1. The second-order valence-electron chi connectivity index (χ2n) is 5.86. The highest BCUT2D eigenvalue weighted by Crippen LogP contribution is 2.36. The minimum absolute atomic E-state index is 0.00706. The highest BCUT2D eigenvalue weighted by atomic mass is 32.1. The van der Waals surface area contributed by atoms with E-state index >= 15 is 0 Å². The number of aromatic nitrogens is 1. The van der Waals surface area contributed by atoms with E-state index in [9.17, 15) is 14.9 Å². The van der Waals surface area contributed by atoms with Gasteiger partial charge in [0.2, 0.25) is 0 Å². The van der Waals surface area contributed by atoms with Crippen molar-refractivity contribution in [3.05, 3.63) is 62.5 Å². The van der Waals surface area contributed by atoms with E-state index in [4.69, 9.17) is 0 Å². The van der Waals surface area contributed by atoms with E-state index in [2.05, 4.69) is 11.1 Å². The molecule has 0 spiro atoms. The van der Waals surface area contributed by atoms with Crippen LogP contribution < -0.4 is 0 Å². The Balaban J connectivity index is 1.72. The Bertz CT molecular complexity index is 916. The Labute approximate surface area is 141 Å². The van der Waals surface area contributed by atoms with Crippen LogP contribution in [0, 0.1) is 10.1 Å². The van der Waals surface area contributed by atoms with Crippen molar-refractivity contribution >= 4 is 33.8 Å². The van der Waals surface area contributed by atoms with Gasteiger partial charge in [0.05, 0.1) is 16.5 Å². The minimum atomic E-state index is -0.439. The lowest BCUT2D eigenvalue weighted by Crippen LogP contribution is -2.30. The number of H-pyrrole nitrogens is 1. The molecule has 2 aromatic heterocycles. The van der Waals surface area contributed by atoms with Crippen LogP contribution in [0.15, 0.2) is 41.9 Å². The fraction of sp³-hybridized carbons (Fsp3) is 0.235. The number of nitro benzene ring substituents is 1. The quantitative estimate of drug-likeness (QED) is 0.575. The fourth-order valence-electron chi connectivity index (χ4n) is 3.34. The number of carbonyl (C=O) groups excluding carboxylic acids is 1. The summed E-state index contributed by atoms with van der Waals surface area (Å²) in [6.45, 7) is 0.711. The third-order valence-corrected chi connectivity index (χ3v) is 5.47. The number of likely N-dealkylation sites (tertiary alicyclic amines) is 1. The molecule has 1 aliphatic heterocycles. The van der Waals surface area contributed by atoms with Crippen LogP contribution in [0.1, 0.15) is 34.1 Å². The van der Waals surface area contributed by atoms with Gasteiger partial charge in [-0.1, -0.05) is 6.07 Å². The molecule has 1 saturated heterocycles. The Morgan fingerprint density at radius 3 is 3.00 bits per heavy atom. The summed E-state index contributed by atoms with van der Waals surface area (Å²) in [4.78, 5) is 29.7. The maximum absolute atomic E-state index is 13.0. The predicted octanol–water partition coefficient (Wildman–Crippen LogP) is 4.11. The molecular weight excluding hydrogens is 326 g/mol. The standard InChI is InChI=1S/C17H15N3O3S/c21-17(19-7-1-3-15(19)16-4-2-8-24-16)13-10-18-14-6-5-11(20(22)23)9-12(13)14/h2,4-6,8-10,15,18H,1,3,7H2. The molecule has 1 atom stereocenters. The summed E-state index contributed by atoms with van der Waals surface area (Å²) in [5.41, 5.74) is 1.22. The first-order valence-electron chi connectivity index (χ1n) is 7.75. The Hall–Kier alpha value is -2.67. The summed E-state index contributed by atoms with van der Waals surface area (Å²) >= 11 is 1.66. The SMILES string of the molecule is O=C(c1c[nH]c2ccc([N+](=O)[O-])cc12)N1CCCC1c1cccs1. The van der Waals surface area contributed by atoms with Crippen molar-refractivity contribution in [2.24, 2.45) is 0 Å². The molecule has 0 radical (unpaired) electrons. The van der Waals surface area contributed by atoms with E-state index in [-0.39, 0.29) is 17.6 Å². The van der Waals surface area contributed by atoms with Crippen molar-refractivity contribution in [2.75, 3.05) is 6.54 Å². The summed E-state index contributed by atoms with van der Waals surface area (Å²) in [5.74, 6) is -0.0716. The highest BCUT2D eigenvalue weighted by Gasteiger charge is 2.32. The van der Waals surface area contributed by atoms with Gasteiger partial charge in [-0.15, -0.1) is 11.3 Å². The predicted molar refractivity (Wildman–Crippen MR) is 92.3 cm³/mol. The third kappa shape index (κ3) is 2.37. The zero-order chi connectivity index (χ0) is 16.7. The lowest BCUT2D eigenvalue weighted by molar-refractivity contribution is -0.384. The zero-order valence-corrected chi connectivity index (χ0v) is 13.6. The first-order chi connectivity index (χ1) is 11.6. The number of carbonyl (C=O) groups is 1. The van der Waals surface area contributed by atoms with Crippen LogP contribution in [0.2, 0.25) is 0 Å². The van der Waals surface area contributed by atoms with E-state index in [1.807, 2.05) is 16.3 Å². The number of nitrogens with zero attached hydrogens (tertiary/aromatic N) is 2. The number of aromatic amines is 1. The van der Waals surface area contributed by atoms with E-state index in [1.165, 1.54) is 17.0 Å². The van der Waals surface area contributed by atoms with Crippen molar-refractivity contribution in [3.63, 3.8) is 0 Å². The number of benzene rings is 1. The molecule has 6 nitrogen and oxygen atoms in total. The van der Waals surface area contributed by atoms with E-state index in [0.29, 0.717) is 17.5 Å². The van der Waals surface area contributed by atoms with Gasteiger partial charge >= 0.3 is 0 Å². The highest BCUT2D eigenvalue weighted by molar-refractivity contribution is 7.10. The van der Waals surface area contributed by atoms with Crippen molar-refractivity contribution in [3.8, 4) is 0 Å². The molecule has 3 heterocycles. The molecular formula is C17H15N3O3S. The maximum Gasteiger partial charge on any atom is 0.270 e. The van der Waals surface area contributed by atoms with E-state index < -0.39 is 4.92 Å². The van der Waals surface area contributed by atoms with Crippen molar-refractivity contribution in [1.82, 2.24) is 9.88 Å². The first kappa shape index (κ1) is 14.9. The number of thiophene rings is 1. The molecule has 0 saturated carbocycles. The summed E-state index contributed by atoms with van der Waals surface area (Å²) in [7, 11) is 0. The normalized spacial score (nSPS) is 17.5. The van der Waals surface area contributed by atoms with Crippen LogP contribution in [-0.4, -0.2) is 27.3 Å². The van der Waals surface area contributed by atoms with Crippen molar-refractivity contribution in [2.45, 2.75) is 18.9 Å². The van der Waals surface area contributed by atoms with Crippen LogP contribution >= 0.6 is 11.3 Å². The molecule has 1 N–H and O–H groups in total. The van der Waals surface area contributed by atoms with Gasteiger partial charge in [0.1, 0.15) is 0 Å². The third-order valence-electron chi connectivity index (χ3n) is 4.49. The topological polar surface area (TPSA) is 79.2 Å². The van der Waals surface area contributed by atoms with E-state index in [1.54, 1.807) is 23.6 Å². The van der Waals surface area contributed by atoms with Crippen molar-refractivity contribution < 1.29 is 9.72 Å². The van der Waals surface area contributed by atoms with Crippen LogP contribution in [0.5, 0.6) is 0 Å². The summed E-state index contributed by atoms with van der Waals surface area (Å²) in [5, 5.41) is 13.6. The summed E-state index contributed by atoms with van der Waals surface area (Å²) in [6, 6.07) is 8.70. The number of amides is 1. The van der Waals surface area contributed by atoms with Gasteiger partial charge in [0, 0.05) is 40.7 Å². The molecule has 1 unspecified atom stereocenters. The van der Waals surface area contributed by atoms with Gasteiger partial charge in [-0.2, -0.15) is 0 Å². The molecule has 1 fully saturated rings. The van der Waals surface area contributed by atoms with Crippen LogP contribution in [0.4, 0.5) is 5.69 Å². The summed E-state index contributed by atoms with van der Waals surface area (Å²) in [6.07, 6.45) is 3.58. The molecule has 3 aromatic rings. The number of nitrogens with one attached hydrogen (secondary N) is 1. The molecule has 1 amide bonds. The van der Waals surface area contributed by atoms with Crippen LogP contribution in [0.3, 0.4) is 0 Å². The lowest BCUT2D eigenvalue weighted by atomic mass is 10.1. The van der Waals surface area contributed by atoms with Gasteiger partial charge in [-0.05, 0) is 30.4 Å². The van der Waals surface area contributed by atoms with Crippen LogP contribution in [-0.2, 0) is 0 Å². The molecule has 1 aromatic carbocycles. The van der Waals surface area contributed by atoms with Gasteiger partial charge in [-0.25, -0.2) is 0 Å². The Morgan fingerprint density at radius 2 is 2.25 bits per heavy atom. The molecule has 122 valence electrons. The second kappa shape index (κ2) is 5.76. The molecule has 1 aliphatic rings. The molecule has 0 bridgehead atoms. The summed E-state index contributed by atoms with van der Waals surface area (Å²) < 4.78 is 0. The number of hydrogen-bond acceptors (Lipinski definition) is 4.